The van der Waals surface area contributed by atoms with Gasteiger partial charge in [0, 0.05) is 23.8 Å². The van der Waals surface area contributed by atoms with Crippen LogP contribution < -0.4 is 0 Å². The zero-order valence-corrected chi connectivity index (χ0v) is 16.7. The molecule has 2 heterocycles. The number of hydrogen-bond acceptors (Lipinski definition) is 4. The zero-order chi connectivity index (χ0) is 17.4. The summed E-state index contributed by atoms with van der Waals surface area (Å²) in [5, 5.41) is 14.5. The molecule has 2 aromatic rings. The largest absolute Gasteiger partial charge is 0.380 e. The summed E-state index contributed by atoms with van der Waals surface area (Å²) < 4.78 is 1.30. The van der Waals surface area contributed by atoms with Gasteiger partial charge in [0.25, 0.3) is 0 Å². The Balaban J connectivity index is 1.86. The van der Waals surface area contributed by atoms with Gasteiger partial charge in [0.05, 0.1) is 4.21 Å². The average Bonchev–Trinajstić information content (AvgIpc) is 3.04. The Morgan fingerprint density at radius 3 is 2.76 bits per heavy atom. The number of hydrogen-bond donors (Lipinski definition) is 1. The normalized spacial score (nSPS) is 29.1. The van der Waals surface area contributed by atoms with Crippen molar-refractivity contribution < 1.29 is 5.11 Å². The van der Waals surface area contributed by atoms with E-state index in [9.17, 15) is 5.11 Å². The van der Waals surface area contributed by atoms with E-state index >= 15 is 0 Å². The van der Waals surface area contributed by atoms with Crippen molar-refractivity contribution in [1.29, 1.82) is 0 Å². The molecule has 1 fully saturated rings. The molecule has 1 saturated carbocycles. The number of aliphatic hydroxyl groups is 1. The average molecular weight is 374 g/mol. The van der Waals surface area contributed by atoms with Crippen LogP contribution in [0.5, 0.6) is 0 Å². The molecule has 0 unspecified atom stereocenters. The molecule has 0 amide bonds. The van der Waals surface area contributed by atoms with Crippen LogP contribution >= 0.6 is 23.1 Å². The van der Waals surface area contributed by atoms with Gasteiger partial charge in [-0.2, -0.15) is 0 Å². The molecule has 25 heavy (non-hydrogen) atoms. The summed E-state index contributed by atoms with van der Waals surface area (Å²) in [6.07, 6.45) is 4.85. The van der Waals surface area contributed by atoms with Crippen LogP contribution in [0, 0.1) is 11.8 Å². The number of rotatable bonds is 3. The van der Waals surface area contributed by atoms with E-state index in [1.54, 1.807) is 11.3 Å². The second-order valence-corrected chi connectivity index (χ2v) is 9.91. The fourth-order valence-electron chi connectivity index (χ4n) is 4.84. The summed E-state index contributed by atoms with van der Waals surface area (Å²) in [6, 6.07) is 10.8. The van der Waals surface area contributed by atoms with Crippen molar-refractivity contribution in [3.8, 4) is 0 Å². The topological polar surface area (TPSA) is 23.5 Å². The second-order valence-electron chi connectivity index (χ2n) is 7.75. The summed E-state index contributed by atoms with van der Waals surface area (Å²) in [5.74, 6) is 1.78. The molecule has 4 rings (SSSR count). The van der Waals surface area contributed by atoms with E-state index in [-0.39, 0.29) is 5.92 Å². The Morgan fingerprint density at radius 2 is 1.92 bits per heavy atom. The molecule has 1 aromatic carbocycles. The predicted octanol–water partition coefficient (Wildman–Crippen LogP) is 4.96. The number of thioether (sulfide) groups is 1. The lowest BCUT2D eigenvalue weighted by Crippen LogP contribution is -2.45. The quantitative estimate of drug-likeness (QED) is 0.823. The van der Waals surface area contributed by atoms with Gasteiger partial charge in [-0.3, -0.25) is 0 Å². The van der Waals surface area contributed by atoms with Crippen molar-refractivity contribution in [2.75, 3.05) is 20.6 Å². The minimum Gasteiger partial charge on any atom is -0.380 e. The van der Waals surface area contributed by atoms with Crippen LogP contribution in [0.3, 0.4) is 0 Å². The monoisotopic (exact) mass is 373 g/mol. The van der Waals surface area contributed by atoms with Gasteiger partial charge in [0.2, 0.25) is 0 Å². The third-order valence-corrected chi connectivity index (χ3v) is 8.16. The van der Waals surface area contributed by atoms with E-state index < -0.39 is 5.60 Å². The molecular weight excluding hydrogens is 346 g/mol. The molecule has 0 radical (unpaired) electrons. The van der Waals surface area contributed by atoms with Crippen LogP contribution in [0.1, 0.15) is 42.4 Å². The van der Waals surface area contributed by atoms with Gasteiger partial charge in [-0.25, -0.2) is 0 Å². The maximum atomic E-state index is 12.3. The van der Waals surface area contributed by atoms with Gasteiger partial charge in [-0.1, -0.05) is 37.1 Å². The molecule has 3 atom stereocenters. The highest BCUT2D eigenvalue weighted by atomic mass is 32.2. The van der Waals surface area contributed by atoms with Crippen molar-refractivity contribution in [1.82, 2.24) is 4.90 Å². The van der Waals surface area contributed by atoms with Crippen molar-refractivity contribution in [3.05, 3.63) is 52.4 Å². The fourth-order valence-corrected chi connectivity index (χ4v) is 7.05. The third kappa shape index (κ3) is 3.08. The van der Waals surface area contributed by atoms with Crippen LogP contribution in [-0.4, -0.2) is 30.6 Å². The van der Waals surface area contributed by atoms with Crippen LogP contribution in [0.25, 0.3) is 0 Å². The first-order valence-electron chi connectivity index (χ1n) is 9.27. The maximum absolute atomic E-state index is 12.3. The summed E-state index contributed by atoms with van der Waals surface area (Å²) >= 11 is 3.67. The minimum atomic E-state index is -0.851. The first-order chi connectivity index (χ1) is 12.1. The SMILES string of the molecule is CN(C)C[C@@H]1CCCC[C@@H]1[C@@]1(O)c2ccccc2CSc2sccc21. The van der Waals surface area contributed by atoms with Gasteiger partial charge >= 0.3 is 0 Å². The van der Waals surface area contributed by atoms with Crippen molar-refractivity contribution >= 4 is 23.1 Å². The fraction of sp³-hybridized carbons (Fsp3) is 0.524. The standard InChI is InChI=1S/C21H27NOS2/c1-22(2)13-15-7-3-5-9-17(15)21(23)18-10-6-4-8-16(18)14-25-20-19(21)11-12-24-20/h4,6,8,10-12,15,17,23H,3,5,7,9,13-14H2,1-2H3/t15-,17-,21+/m0/s1. The van der Waals surface area contributed by atoms with Crippen molar-refractivity contribution in [2.24, 2.45) is 11.8 Å². The molecule has 0 saturated heterocycles. The molecule has 1 aliphatic carbocycles. The molecule has 4 heteroatoms. The lowest BCUT2D eigenvalue weighted by atomic mass is 9.64. The summed E-state index contributed by atoms with van der Waals surface area (Å²) in [4.78, 5) is 2.29. The first kappa shape index (κ1) is 17.6. The molecule has 1 N–H and O–H groups in total. The van der Waals surface area contributed by atoms with Crippen LogP contribution in [-0.2, 0) is 11.4 Å². The lowest BCUT2D eigenvalue weighted by Gasteiger charge is -2.45. The Labute approximate surface area is 159 Å². The van der Waals surface area contributed by atoms with E-state index in [2.05, 4.69) is 54.7 Å². The highest BCUT2D eigenvalue weighted by Crippen LogP contribution is 2.53. The molecule has 0 spiro atoms. The Kier molecular flexibility index (Phi) is 4.98. The van der Waals surface area contributed by atoms with E-state index in [0.29, 0.717) is 5.92 Å². The second kappa shape index (κ2) is 7.07. The summed E-state index contributed by atoms with van der Waals surface area (Å²) in [5.41, 5.74) is 2.75. The molecule has 0 bridgehead atoms. The Hall–Kier alpha value is -0.810. The highest BCUT2D eigenvalue weighted by molar-refractivity contribution is 8.00. The highest BCUT2D eigenvalue weighted by Gasteiger charge is 2.48. The van der Waals surface area contributed by atoms with E-state index in [0.717, 1.165) is 29.8 Å². The summed E-state index contributed by atoms with van der Waals surface area (Å²) in [6.45, 7) is 1.06. The van der Waals surface area contributed by atoms with Gasteiger partial charge in [0.1, 0.15) is 5.60 Å². The van der Waals surface area contributed by atoms with Gasteiger partial charge in [-0.15, -0.1) is 23.1 Å². The maximum Gasteiger partial charge on any atom is 0.120 e. The van der Waals surface area contributed by atoms with Crippen molar-refractivity contribution in [2.45, 2.75) is 41.2 Å². The molecule has 1 aromatic heterocycles. The molecule has 2 aliphatic rings. The zero-order valence-electron chi connectivity index (χ0n) is 15.1. The molecule has 134 valence electrons. The van der Waals surface area contributed by atoms with E-state index in [4.69, 9.17) is 0 Å². The van der Waals surface area contributed by atoms with Gasteiger partial charge < -0.3 is 10.0 Å². The van der Waals surface area contributed by atoms with Crippen LogP contribution in [0.4, 0.5) is 0 Å². The number of thiophene rings is 1. The molecule has 1 aliphatic heterocycles. The number of fused-ring (bicyclic) bond motifs is 2. The first-order valence-corrected chi connectivity index (χ1v) is 11.1. The predicted molar refractivity (Wildman–Crippen MR) is 107 cm³/mol. The van der Waals surface area contributed by atoms with E-state index in [1.165, 1.54) is 29.0 Å². The van der Waals surface area contributed by atoms with Crippen molar-refractivity contribution in [3.63, 3.8) is 0 Å². The minimum absolute atomic E-state index is 0.289. The van der Waals surface area contributed by atoms with Crippen LogP contribution in [0.2, 0.25) is 0 Å². The number of benzene rings is 1. The van der Waals surface area contributed by atoms with Gasteiger partial charge in [-0.05, 0) is 55.4 Å². The molecular formula is C21H27NOS2. The summed E-state index contributed by atoms with van der Waals surface area (Å²) in [7, 11) is 4.31. The lowest BCUT2D eigenvalue weighted by molar-refractivity contribution is -0.0359. The van der Waals surface area contributed by atoms with Crippen LogP contribution in [0.15, 0.2) is 39.9 Å². The van der Waals surface area contributed by atoms with Gasteiger partial charge in [0.15, 0.2) is 0 Å². The third-order valence-electron chi connectivity index (χ3n) is 5.87. The Morgan fingerprint density at radius 1 is 1.12 bits per heavy atom. The van der Waals surface area contributed by atoms with E-state index in [1.807, 2.05) is 11.8 Å². The Bertz CT molecular complexity index is 741. The molecule has 2 nitrogen and oxygen atoms in total. The number of nitrogens with zero attached hydrogens (tertiary/aromatic N) is 1. The smallest absolute Gasteiger partial charge is 0.120 e.